The second-order valence-electron chi connectivity index (χ2n) is 6.25. The van der Waals surface area contributed by atoms with Crippen molar-refractivity contribution in [1.29, 1.82) is 0 Å². The van der Waals surface area contributed by atoms with Gasteiger partial charge in [-0.1, -0.05) is 20.8 Å². The van der Waals surface area contributed by atoms with Crippen LogP contribution in [0.3, 0.4) is 0 Å². The molecule has 1 heterocycles. The first-order valence-corrected chi connectivity index (χ1v) is 7.54. The average molecular weight is 292 g/mol. The minimum absolute atomic E-state index is 0.000619. The van der Waals surface area contributed by atoms with E-state index in [2.05, 4.69) is 10.6 Å². The Hall–Kier alpha value is -1.49. The van der Waals surface area contributed by atoms with Crippen LogP contribution in [-0.2, 0) is 9.59 Å². The highest BCUT2D eigenvalue weighted by Gasteiger charge is 2.23. The van der Waals surface area contributed by atoms with E-state index in [0.29, 0.717) is 12.1 Å². The number of hydrogen-bond donors (Lipinski definition) is 2. The van der Waals surface area contributed by atoms with E-state index in [1.165, 1.54) is 11.8 Å². The number of carbonyl (C=O) groups excluding carboxylic acids is 2. The Morgan fingerprint density at radius 2 is 2.10 bits per heavy atom. The van der Waals surface area contributed by atoms with E-state index in [9.17, 15) is 9.59 Å². The summed E-state index contributed by atoms with van der Waals surface area (Å²) in [5.74, 6) is -0.0127. The maximum absolute atomic E-state index is 11.9. The number of anilines is 2. The van der Waals surface area contributed by atoms with Crippen LogP contribution < -0.4 is 10.6 Å². The summed E-state index contributed by atoms with van der Waals surface area (Å²) in [6, 6.07) is 5.62. The second-order valence-corrected chi connectivity index (χ2v) is 7.63. The number of carbonyl (C=O) groups is 2. The molecule has 2 N–H and O–H groups in total. The van der Waals surface area contributed by atoms with Crippen LogP contribution in [0, 0.1) is 5.41 Å². The highest BCUT2D eigenvalue weighted by Crippen LogP contribution is 2.37. The van der Waals surface area contributed by atoms with Gasteiger partial charge in [0.2, 0.25) is 11.8 Å². The molecule has 1 aliphatic heterocycles. The standard InChI is InChI=1S/C15H20N2O2S/c1-9-14(19)17-11-7-10(5-6-12(11)20-9)16-13(18)8-15(2,3)4/h5-7,9H,8H2,1-4H3,(H,16,18)(H,17,19). The zero-order chi connectivity index (χ0) is 14.9. The second kappa shape index (κ2) is 5.48. The van der Waals surface area contributed by atoms with Crippen molar-refractivity contribution in [2.45, 2.75) is 44.3 Å². The van der Waals surface area contributed by atoms with Gasteiger partial charge in [0.05, 0.1) is 10.9 Å². The first-order valence-electron chi connectivity index (χ1n) is 6.66. The Bertz CT molecular complexity index is 549. The molecule has 0 bridgehead atoms. The number of amides is 2. The highest BCUT2D eigenvalue weighted by molar-refractivity contribution is 8.00. The van der Waals surface area contributed by atoms with E-state index in [1.807, 2.05) is 45.9 Å². The van der Waals surface area contributed by atoms with Crippen molar-refractivity contribution < 1.29 is 9.59 Å². The van der Waals surface area contributed by atoms with Gasteiger partial charge < -0.3 is 10.6 Å². The van der Waals surface area contributed by atoms with Crippen molar-refractivity contribution in [3.05, 3.63) is 18.2 Å². The van der Waals surface area contributed by atoms with Gasteiger partial charge in [-0.15, -0.1) is 11.8 Å². The van der Waals surface area contributed by atoms with Crippen LogP contribution in [0.15, 0.2) is 23.1 Å². The Labute approximate surface area is 123 Å². The molecule has 1 aromatic carbocycles. The lowest BCUT2D eigenvalue weighted by Gasteiger charge is -2.22. The lowest BCUT2D eigenvalue weighted by atomic mass is 9.92. The lowest BCUT2D eigenvalue weighted by Crippen LogP contribution is -2.26. The number of fused-ring (bicyclic) bond motifs is 1. The molecule has 1 aromatic rings. The molecule has 0 aromatic heterocycles. The lowest BCUT2D eigenvalue weighted by molar-refractivity contribution is -0.118. The topological polar surface area (TPSA) is 58.2 Å². The Balaban J connectivity index is 2.10. The van der Waals surface area contributed by atoms with Crippen LogP contribution in [0.4, 0.5) is 11.4 Å². The summed E-state index contributed by atoms with van der Waals surface area (Å²) in [7, 11) is 0. The fraction of sp³-hybridized carbons (Fsp3) is 0.467. The summed E-state index contributed by atoms with van der Waals surface area (Å²) >= 11 is 1.53. The maximum Gasteiger partial charge on any atom is 0.237 e. The molecular formula is C15H20N2O2S. The molecule has 0 fully saturated rings. The Morgan fingerprint density at radius 1 is 1.40 bits per heavy atom. The van der Waals surface area contributed by atoms with Gasteiger partial charge in [0.1, 0.15) is 0 Å². The zero-order valence-corrected chi connectivity index (χ0v) is 13.1. The normalized spacial score (nSPS) is 18.2. The summed E-state index contributed by atoms with van der Waals surface area (Å²) in [5, 5.41) is 5.66. The van der Waals surface area contributed by atoms with E-state index in [0.717, 1.165) is 10.6 Å². The zero-order valence-electron chi connectivity index (χ0n) is 12.2. The predicted octanol–water partition coefficient (Wildman–Crippen LogP) is 3.49. The van der Waals surface area contributed by atoms with Crippen LogP contribution in [-0.4, -0.2) is 17.1 Å². The molecule has 2 amide bonds. The molecule has 20 heavy (non-hydrogen) atoms. The van der Waals surface area contributed by atoms with E-state index < -0.39 is 0 Å². The molecule has 4 nitrogen and oxygen atoms in total. The van der Waals surface area contributed by atoms with E-state index >= 15 is 0 Å². The molecule has 1 aliphatic rings. The van der Waals surface area contributed by atoms with Crippen LogP contribution in [0.1, 0.15) is 34.1 Å². The number of nitrogens with one attached hydrogen (secondary N) is 2. The third kappa shape index (κ3) is 3.76. The summed E-state index contributed by atoms with van der Waals surface area (Å²) in [4.78, 5) is 24.6. The van der Waals surface area contributed by atoms with Gasteiger partial charge in [-0.05, 0) is 30.5 Å². The fourth-order valence-electron chi connectivity index (χ4n) is 1.97. The van der Waals surface area contributed by atoms with Crippen LogP contribution in [0.25, 0.3) is 0 Å². The largest absolute Gasteiger partial charge is 0.326 e. The minimum Gasteiger partial charge on any atom is -0.326 e. The number of rotatable bonds is 2. The van der Waals surface area contributed by atoms with Gasteiger partial charge in [-0.3, -0.25) is 9.59 Å². The van der Waals surface area contributed by atoms with E-state index in [1.54, 1.807) is 0 Å². The summed E-state index contributed by atoms with van der Waals surface area (Å²) < 4.78 is 0. The third-order valence-corrected chi connectivity index (χ3v) is 4.06. The van der Waals surface area contributed by atoms with Crippen LogP contribution >= 0.6 is 11.8 Å². The maximum atomic E-state index is 11.9. The van der Waals surface area contributed by atoms with Crippen molar-refractivity contribution in [2.24, 2.45) is 5.41 Å². The fourth-order valence-corrected chi connectivity index (χ4v) is 2.90. The number of benzene rings is 1. The molecule has 0 spiro atoms. The molecule has 0 saturated heterocycles. The van der Waals surface area contributed by atoms with Crippen molar-refractivity contribution in [3.63, 3.8) is 0 Å². The van der Waals surface area contributed by atoms with Crippen molar-refractivity contribution in [2.75, 3.05) is 10.6 Å². The predicted molar refractivity (Wildman–Crippen MR) is 83.1 cm³/mol. The van der Waals surface area contributed by atoms with E-state index in [4.69, 9.17) is 0 Å². The summed E-state index contributed by atoms with van der Waals surface area (Å²) in [6.45, 7) is 7.95. The van der Waals surface area contributed by atoms with Gasteiger partial charge in [-0.2, -0.15) is 0 Å². The molecule has 2 rings (SSSR count). The SMILES string of the molecule is CC1Sc2ccc(NC(=O)CC(C)(C)C)cc2NC1=O. The molecule has 1 unspecified atom stereocenters. The quantitative estimate of drug-likeness (QED) is 0.877. The van der Waals surface area contributed by atoms with Gasteiger partial charge in [0.25, 0.3) is 0 Å². The molecule has 0 radical (unpaired) electrons. The van der Waals surface area contributed by atoms with Crippen molar-refractivity contribution in [1.82, 2.24) is 0 Å². The Kier molecular flexibility index (Phi) is 4.09. The average Bonchev–Trinajstić information content (AvgIpc) is 2.28. The minimum atomic E-state index is -0.0798. The smallest absolute Gasteiger partial charge is 0.237 e. The molecular weight excluding hydrogens is 272 g/mol. The molecule has 5 heteroatoms. The van der Waals surface area contributed by atoms with Gasteiger partial charge in [-0.25, -0.2) is 0 Å². The molecule has 0 saturated carbocycles. The van der Waals surface area contributed by atoms with Gasteiger partial charge in [0, 0.05) is 17.0 Å². The van der Waals surface area contributed by atoms with Gasteiger partial charge in [0.15, 0.2) is 0 Å². The molecule has 1 atom stereocenters. The van der Waals surface area contributed by atoms with Crippen LogP contribution in [0.5, 0.6) is 0 Å². The van der Waals surface area contributed by atoms with E-state index in [-0.39, 0.29) is 22.5 Å². The van der Waals surface area contributed by atoms with Gasteiger partial charge >= 0.3 is 0 Å². The Morgan fingerprint density at radius 3 is 2.75 bits per heavy atom. The van der Waals surface area contributed by atoms with Crippen molar-refractivity contribution in [3.8, 4) is 0 Å². The summed E-state index contributed by atoms with van der Waals surface area (Å²) in [6.07, 6.45) is 0.461. The third-order valence-electron chi connectivity index (χ3n) is 2.89. The molecule has 108 valence electrons. The summed E-state index contributed by atoms with van der Waals surface area (Å²) in [5.41, 5.74) is 1.44. The first kappa shape index (κ1) is 14.9. The number of thioether (sulfide) groups is 1. The number of hydrogen-bond acceptors (Lipinski definition) is 3. The van der Waals surface area contributed by atoms with Crippen LogP contribution in [0.2, 0.25) is 0 Å². The van der Waals surface area contributed by atoms with Crippen molar-refractivity contribution >= 4 is 35.0 Å². The molecule has 0 aliphatic carbocycles. The first-order chi connectivity index (χ1) is 9.24. The highest BCUT2D eigenvalue weighted by atomic mass is 32.2. The monoisotopic (exact) mass is 292 g/mol.